The Kier molecular flexibility index (Phi) is 2.67. The van der Waals surface area contributed by atoms with E-state index < -0.39 is 6.04 Å². The Labute approximate surface area is 106 Å². The molecule has 0 fully saturated rings. The second-order valence-electron chi connectivity index (χ2n) is 4.73. The van der Waals surface area contributed by atoms with Gasteiger partial charge >= 0.3 is 0 Å². The molecule has 0 N–H and O–H groups in total. The molecule has 3 rings (SSSR count). The van der Waals surface area contributed by atoms with Gasteiger partial charge < -0.3 is 0 Å². The zero-order valence-corrected chi connectivity index (χ0v) is 10.3. The lowest BCUT2D eigenvalue weighted by Crippen LogP contribution is -2.01. The predicted molar refractivity (Wildman–Crippen MR) is 70.5 cm³/mol. The Balaban J connectivity index is 2.24. The summed E-state index contributed by atoms with van der Waals surface area (Å²) in [7, 11) is 0. The largest absolute Gasteiger partial charge is 0.264 e. The van der Waals surface area contributed by atoms with Crippen LogP contribution < -0.4 is 0 Å². The number of hydrogen-bond donors (Lipinski definition) is 0. The van der Waals surface area contributed by atoms with Crippen LogP contribution in [0, 0.1) is 11.8 Å². The summed E-state index contributed by atoms with van der Waals surface area (Å²) in [5, 5.41) is 3.34. The third kappa shape index (κ3) is 1.63. The first-order chi connectivity index (χ1) is 8.81. The van der Waals surface area contributed by atoms with Crippen LogP contribution in [0.5, 0.6) is 0 Å². The fraction of sp³-hybridized carbons (Fsp3) is 0.267. The standard InChI is InChI=1S/C15H14N2O/c1-10-3-2-4-13-12(10)6-5-11-7-8-16-9-14(11)15(13)17-18/h2-4,7-9,15H,5-6H2,1H3. The van der Waals surface area contributed by atoms with Gasteiger partial charge in [-0.1, -0.05) is 23.4 Å². The van der Waals surface area contributed by atoms with E-state index in [1.807, 2.05) is 18.2 Å². The first kappa shape index (κ1) is 11.1. The van der Waals surface area contributed by atoms with Crippen LogP contribution in [-0.2, 0) is 12.8 Å². The number of aromatic nitrogens is 1. The summed E-state index contributed by atoms with van der Waals surface area (Å²) in [6.45, 7) is 2.09. The van der Waals surface area contributed by atoms with Crippen LogP contribution in [-0.4, -0.2) is 4.98 Å². The summed E-state index contributed by atoms with van der Waals surface area (Å²) < 4.78 is 0. The number of pyridine rings is 1. The van der Waals surface area contributed by atoms with Gasteiger partial charge in [-0.15, -0.1) is 4.91 Å². The first-order valence-corrected chi connectivity index (χ1v) is 6.15. The molecule has 1 unspecified atom stereocenters. The number of hydrogen-bond acceptors (Lipinski definition) is 3. The molecule has 1 aliphatic carbocycles. The van der Waals surface area contributed by atoms with Gasteiger partial charge in [0.2, 0.25) is 0 Å². The lowest BCUT2D eigenvalue weighted by atomic mass is 9.94. The van der Waals surface area contributed by atoms with Crippen LogP contribution in [0.4, 0.5) is 0 Å². The average Bonchev–Trinajstić information content (AvgIpc) is 2.56. The number of nitrogens with zero attached hydrogens (tertiary/aromatic N) is 2. The van der Waals surface area contributed by atoms with Gasteiger partial charge in [0.15, 0.2) is 0 Å². The van der Waals surface area contributed by atoms with Crippen molar-refractivity contribution in [3.8, 4) is 0 Å². The highest BCUT2D eigenvalue weighted by atomic mass is 16.3. The molecule has 0 saturated heterocycles. The number of nitroso groups, excluding NO2 is 1. The quantitative estimate of drug-likeness (QED) is 0.715. The van der Waals surface area contributed by atoms with Crippen LogP contribution in [0.25, 0.3) is 0 Å². The van der Waals surface area contributed by atoms with Gasteiger partial charge in [0.25, 0.3) is 0 Å². The van der Waals surface area contributed by atoms with Crippen LogP contribution in [0.1, 0.15) is 33.9 Å². The van der Waals surface area contributed by atoms with Crippen LogP contribution in [0.2, 0.25) is 0 Å². The second-order valence-corrected chi connectivity index (χ2v) is 4.73. The zero-order chi connectivity index (χ0) is 12.5. The van der Waals surface area contributed by atoms with Gasteiger partial charge in [-0.2, -0.15) is 0 Å². The Morgan fingerprint density at radius 1 is 1.22 bits per heavy atom. The molecule has 2 aromatic rings. The second kappa shape index (κ2) is 4.33. The molecule has 3 nitrogen and oxygen atoms in total. The fourth-order valence-corrected chi connectivity index (χ4v) is 2.77. The highest BCUT2D eigenvalue weighted by Crippen LogP contribution is 2.35. The molecule has 90 valence electrons. The van der Waals surface area contributed by atoms with E-state index in [1.54, 1.807) is 12.4 Å². The molecule has 0 radical (unpaired) electrons. The van der Waals surface area contributed by atoms with Crippen molar-refractivity contribution in [2.75, 3.05) is 0 Å². The topological polar surface area (TPSA) is 42.3 Å². The SMILES string of the molecule is Cc1cccc2c1CCc1ccncc1C2N=O. The predicted octanol–water partition coefficient (Wildman–Crippen LogP) is 3.34. The van der Waals surface area contributed by atoms with E-state index in [0.29, 0.717) is 0 Å². The molecule has 0 bridgehead atoms. The molecule has 3 heteroatoms. The molecular formula is C15H14N2O. The maximum absolute atomic E-state index is 11.3. The van der Waals surface area contributed by atoms with E-state index in [9.17, 15) is 4.91 Å². The summed E-state index contributed by atoms with van der Waals surface area (Å²) in [6.07, 6.45) is 5.47. The number of aryl methyl sites for hydroxylation is 2. The van der Waals surface area contributed by atoms with E-state index in [0.717, 1.165) is 24.0 Å². The maximum Gasteiger partial charge on any atom is 0.144 e. The zero-order valence-electron chi connectivity index (χ0n) is 10.3. The van der Waals surface area contributed by atoms with E-state index in [-0.39, 0.29) is 0 Å². The maximum atomic E-state index is 11.3. The number of rotatable bonds is 1. The molecule has 0 spiro atoms. The third-order valence-corrected chi connectivity index (χ3v) is 3.73. The van der Waals surface area contributed by atoms with Crippen molar-refractivity contribution in [3.63, 3.8) is 0 Å². The lowest BCUT2D eigenvalue weighted by molar-refractivity contribution is 0.846. The highest BCUT2D eigenvalue weighted by Gasteiger charge is 2.25. The van der Waals surface area contributed by atoms with Crippen molar-refractivity contribution >= 4 is 0 Å². The van der Waals surface area contributed by atoms with Gasteiger partial charge in [-0.3, -0.25) is 4.98 Å². The van der Waals surface area contributed by atoms with Crippen molar-refractivity contribution in [2.24, 2.45) is 5.18 Å². The Hall–Kier alpha value is -2.03. The van der Waals surface area contributed by atoms with Crippen molar-refractivity contribution in [1.82, 2.24) is 4.98 Å². The summed E-state index contributed by atoms with van der Waals surface area (Å²) >= 11 is 0. The molecule has 0 amide bonds. The summed E-state index contributed by atoms with van der Waals surface area (Å²) in [6, 6.07) is 7.68. The molecular weight excluding hydrogens is 224 g/mol. The van der Waals surface area contributed by atoms with Crippen molar-refractivity contribution in [2.45, 2.75) is 25.8 Å². The van der Waals surface area contributed by atoms with Crippen LogP contribution in [0.15, 0.2) is 41.8 Å². The fourth-order valence-electron chi connectivity index (χ4n) is 2.77. The van der Waals surface area contributed by atoms with Gasteiger partial charge in [-0.25, -0.2) is 0 Å². The number of fused-ring (bicyclic) bond motifs is 2. The highest BCUT2D eigenvalue weighted by molar-refractivity contribution is 5.46. The van der Waals surface area contributed by atoms with Gasteiger partial charge in [0.05, 0.1) is 0 Å². The molecule has 18 heavy (non-hydrogen) atoms. The molecule has 1 aromatic carbocycles. The molecule has 1 heterocycles. The van der Waals surface area contributed by atoms with Crippen LogP contribution >= 0.6 is 0 Å². The van der Waals surface area contributed by atoms with E-state index >= 15 is 0 Å². The number of benzene rings is 1. The minimum absolute atomic E-state index is 0.411. The summed E-state index contributed by atoms with van der Waals surface area (Å²) in [5.41, 5.74) is 5.68. The average molecular weight is 238 g/mol. The molecule has 0 saturated carbocycles. The van der Waals surface area contributed by atoms with Crippen molar-refractivity contribution in [1.29, 1.82) is 0 Å². The van der Waals surface area contributed by atoms with E-state index in [2.05, 4.69) is 23.2 Å². The molecule has 1 aliphatic rings. The smallest absolute Gasteiger partial charge is 0.144 e. The lowest BCUT2D eigenvalue weighted by Gasteiger charge is -2.13. The minimum atomic E-state index is -0.411. The Morgan fingerprint density at radius 2 is 2.11 bits per heavy atom. The van der Waals surface area contributed by atoms with Crippen molar-refractivity contribution in [3.05, 3.63) is 69.4 Å². The summed E-state index contributed by atoms with van der Waals surface area (Å²) in [4.78, 5) is 15.4. The van der Waals surface area contributed by atoms with Crippen LogP contribution in [0.3, 0.4) is 0 Å². The normalized spacial score (nSPS) is 17.5. The third-order valence-electron chi connectivity index (χ3n) is 3.73. The Morgan fingerprint density at radius 3 is 2.94 bits per heavy atom. The Bertz CT molecular complexity index is 607. The van der Waals surface area contributed by atoms with Gasteiger partial charge in [0, 0.05) is 18.0 Å². The van der Waals surface area contributed by atoms with E-state index in [1.165, 1.54) is 16.7 Å². The molecule has 1 atom stereocenters. The molecule has 0 aliphatic heterocycles. The van der Waals surface area contributed by atoms with Gasteiger partial charge in [0.1, 0.15) is 6.04 Å². The van der Waals surface area contributed by atoms with E-state index in [4.69, 9.17) is 0 Å². The molecule has 1 aromatic heterocycles. The van der Waals surface area contributed by atoms with Crippen molar-refractivity contribution < 1.29 is 0 Å². The summed E-state index contributed by atoms with van der Waals surface area (Å²) in [5.74, 6) is 0. The first-order valence-electron chi connectivity index (χ1n) is 6.15. The van der Waals surface area contributed by atoms with Gasteiger partial charge in [-0.05, 0) is 48.1 Å². The monoisotopic (exact) mass is 238 g/mol. The minimum Gasteiger partial charge on any atom is -0.264 e.